The third-order valence-electron chi connectivity index (χ3n) is 9.01. The summed E-state index contributed by atoms with van der Waals surface area (Å²) in [5.41, 5.74) is 2.67. The fourth-order valence-corrected chi connectivity index (χ4v) is 8.15. The molecule has 2 aliphatic carbocycles. The Morgan fingerprint density at radius 2 is 1.62 bits per heavy atom. The standard InChI is InChI=1S/C31H36N2O3S/c34-31(20-25(21-31)24-9-3-1-4-10-24)23-33-18-17-30(16-8-13-28(33)22-30)26-11-7-12-27(19-26)32-37(35,36)29-14-5-2-6-15-29/h1-7,9-12,14-15,19,25,28,32,34H,8,13,16-18,20-23H2. The van der Waals surface area contributed by atoms with E-state index in [-0.39, 0.29) is 10.3 Å². The molecule has 3 aromatic carbocycles. The molecule has 2 N–H and O–H groups in total. The van der Waals surface area contributed by atoms with Crippen LogP contribution in [-0.4, -0.2) is 43.2 Å². The van der Waals surface area contributed by atoms with Gasteiger partial charge >= 0.3 is 0 Å². The molecule has 37 heavy (non-hydrogen) atoms. The van der Waals surface area contributed by atoms with E-state index in [9.17, 15) is 13.5 Å². The van der Waals surface area contributed by atoms with Crippen LogP contribution in [-0.2, 0) is 15.4 Å². The zero-order chi connectivity index (χ0) is 25.5. The van der Waals surface area contributed by atoms with Crippen molar-refractivity contribution in [2.45, 2.75) is 72.8 Å². The van der Waals surface area contributed by atoms with Crippen LogP contribution in [0.4, 0.5) is 5.69 Å². The molecule has 1 saturated heterocycles. The van der Waals surface area contributed by atoms with E-state index in [4.69, 9.17) is 0 Å². The smallest absolute Gasteiger partial charge is 0.261 e. The van der Waals surface area contributed by atoms with Crippen LogP contribution in [0.25, 0.3) is 0 Å². The molecule has 2 bridgehead atoms. The van der Waals surface area contributed by atoms with E-state index in [1.54, 1.807) is 24.3 Å². The van der Waals surface area contributed by atoms with Gasteiger partial charge in [0.25, 0.3) is 10.0 Å². The molecule has 1 heterocycles. The topological polar surface area (TPSA) is 69.6 Å². The average molecular weight is 517 g/mol. The number of benzene rings is 3. The first kappa shape index (κ1) is 24.7. The first-order valence-corrected chi connectivity index (χ1v) is 15.0. The maximum atomic E-state index is 12.9. The fourth-order valence-electron chi connectivity index (χ4n) is 7.08. The summed E-state index contributed by atoms with van der Waals surface area (Å²) in [6, 6.07) is 27.6. The Morgan fingerprint density at radius 1 is 0.892 bits per heavy atom. The molecule has 0 aromatic heterocycles. The van der Waals surface area contributed by atoms with Gasteiger partial charge in [-0.15, -0.1) is 0 Å². The third kappa shape index (κ3) is 4.95. The van der Waals surface area contributed by atoms with Gasteiger partial charge in [-0.1, -0.05) is 67.1 Å². The van der Waals surface area contributed by atoms with Crippen molar-refractivity contribution in [3.8, 4) is 0 Å². The summed E-state index contributed by atoms with van der Waals surface area (Å²) in [7, 11) is -3.62. The highest BCUT2D eigenvalue weighted by atomic mass is 32.2. The highest BCUT2D eigenvalue weighted by Crippen LogP contribution is 2.50. The van der Waals surface area contributed by atoms with Crippen molar-refractivity contribution in [3.63, 3.8) is 0 Å². The van der Waals surface area contributed by atoms with Crippen molar-refractivity contribution in [1.82, 2.24) is 4.90 Å². The molecule has 3 fully saturated rings. The normalized spacial score (nSPS) is 29.9. The van der Waals surface area contributed by atoms with Gasteiger partial charge in [-0.3, -0.25) is 9.62 Å². The summed E-state index contributed by atoms with van der Waals surface area (Å²) in [6.45, 7) is 1.73. The van der Waals surface area contributed by atoms with E-state index in [1.807, 2.05) is 30.3 Å². The van der Waals surface area contributed by atoms with E-state index >= 15 is 0 Å². The van der Waals surface area contributed by atoms with Crippen LogP contribution in [0.15, 0.2) is 89.8 Å². The van der Waals surface area contributed by atoms with Gasteiger partial charge in [-0.25, -0.2) is 8.42 Å². The molecule has 2 atom stereocenters. The number of hydrogen-bond donors (Lipinski definition) is 2. The second-order valence-corrected chi connectivity index (χ2v) is 13.2. The van der Waals surface area contributed by atoms with Crippen molar-refractivity contribution in [1.29, 1.82) is 0 Å². The Balaban J connectivity index is 1.14. The lowest BCUT2D eigenvalue weighted by atomic mass is 9.62. The first-order chi connectivity index (χ1) is 17.8. The average Bonchev–Trinajstić information content (AvgIpc) is 2.90. The molecular weight excluding hydrogens is 480 g/mol. The molecule has 194 valence electrons. The summed E-state index contributed by atoms with van der Waals surface area (Å²) in [6.07, 6.45) is 7.25. The molecule has 2 saturated carbocycles. The van der Waals surface area contributed by atoms with Crippen LogP contribution in [0.3, 0.4) is 0 Å². The van der Waals surface area contributed by atoms with Crippen molar-refractivity contribution in [3.05, 3.63) is 96.1 Å². The van der Waals surface area contributed by atoms with E-state index < -0.39 is 15.6 Å². The van der Waals surface area contributed by atoms with E-state index in [2.05, 4.69) is 40.0 Å². The Labute approximate surface area is 220 Å². The first-order valence-electron chi connectivity index (χ1n) is 13.5. The highest BCUT2D eigenvalue weighted by Gasteiger charge is 2.49. The molecule has 2 unspecified atom stereocenters. The van der Waals surface area contributed by atoms with Gasteiger partial charge in [-0.2, -0.15) is 0 Å². The zero-order valence-corrected chi connectivity index (χ0v) is 22.0. The quantitative estimate of drug-likeness (QED) is 0.424. The molecule has 3 aliphatic rings. The number of nitrogens with zero attached hydrogens (tertiary/aromatic N) is 1. The van der Waals surface area contributed by atoms with Gasteiger partial charge in [-0.05, 0) is 91.8 Å². The van der Waals surface area contributed by atoms with Gasteiger partial charge in [0.15, 0.2) is 0 Å². The number of nitrogens with one attached hydrogen (secondary N) is 1. The van der Waals surface area contributed by atoms with E-state index in [1.165, 1.54) is 17.5 Å². The Bertz CT molecular complexity index is 1340. The summed E-state index contributed by atoms with van der Waals surface area (Å²) < 4.78 is 28.6. The summed E-state index contributed by atoms with van der Waals surface area (Å²) >= 11 is 0. The summed E-state index contributed by atoms with van der Waals surface area (Å²) in [4.78, 5) is 2.81. The minimum absolute atomic E-state index is 0.0718. The minimum atomic E-state index is -3.62. The number of anilines is 1. The number of fused-ring (bicyclic) bond motifs is 2. The zero-order valence-electron chi connectivity index (χ0n) is 21.2. The maximum Gasteiger partial charge on any atom is 0.261 e. The second-order valence-electron chi connectivity index (χ2n) is 11.5. The van der Waals surface area contributed by atoms with Crippen molar-refractivity contribution < 1.29 is 13.5 Å². The lowest BCUT2D eigenvalue weighted by molar-refractivity contribution is -0.0930. The van der Waals surface area contributed by atoms with Gasteiger partial charge < -0.3 is 5.11 Å². The SMILES string of the molecule is O=S(=O)(Nc1cccc(C23CCCC(C2)N(CC2(O)CC(c4ccccc4)C2)CC3)c1)c1ccccc1. The number of piperidine rings is 1. The van der Waals surface area contributed by atoms with Crippen molar-refractivity contribution >= 4 is 15.7 Å². The van der Waals surface area contributed by atoms with Crippen LogP contribution in [0.2, 0.25) is 0 Å². The lowest BCUT2D eigenvalue weighted by Gasteiger charge is -2.54. The van der Waals surface area contributed by atoms with Crippen LogP contribution in [0.5, 0.6) is 0 Å². The molecule has 6 heteroatoms. The Hall–Kier alpha value is -2.67. The van der Waals surface area contributed by atoms with Crippen LogP contribution in [0.1, 0.15) is 62.0 Å². The molecule has 6 rings (SSSR count). The number of sulfonamides is 1. The monoisotopic (exact) mass is 516 g/mol. The molecule has 3 aromatic rings. The number of hydrogen-bond acceptors (Lipinski definition) is 4. The van der Waals surface area contributed by atoms with Crippen molar-refractivity contribution in [2.24, 2.45) is 0 Å². The number of β-amino-alcohol motifs (C(OH)–C–C–N with tert-alkyl or cyclic N) is 1. The molecular formula is C31H36N2O3S. The Kier molecular flexibility index (Phi) is 6.38. The Morgan fingerprint density at radius 3 is 2.38 bits per heavy atom. The van der Waals surface area contributed by atoms with E-state index in [0.717, 1.165) is 51.6 Å². The molecule has 0 radical (unpaired) electrons. The molecule has 5 nitrogen and oxygen atoms in total. The predicted octanol–water partition coefficient (Wildman–Crippen LogP) is 5.68. The maximum absolute atomic E-state index is 12.9. The molecule has 1 aliphatic heterocycles. The van der Waals surface area contributed by atoms with E-state index in [0.29, 0.717) is 17.6 Å². The van der Waals surface area contributed by atoms with Crippen molar-refractivity contribution in [2.75, 3.05) is 17.8 Å². The van der Waals surface area contributed by atoms with Gasteiger partial charge in [0.1, 0.15) is 0 Å². The van der Waals surface area contributed by atoms with Crippen LogP contribution >= 0.6 is 0 Å². The minimum Gasteiger partial charge on any atom is -0.389 e. The van der Waals surface area contributed by atoms with Crippen LogP contribution in [0, 0.1) is 0 Å². The van der Waals surface area contributed by atoms with Gasteiger partial charge in [0.2, 0.25) is 0 Å². The van der Waals surface area contributed by atoms with Gasteiger partial charge in [0, 0.05) is 18.3 Å². The fraction of sp³-hybridized carbons (Fsp3) is 0.419. The molecule has 0 spiro atoms. The largest absolute Gasteiger partial charge is 0.389 e. The number of likely N-dealkylation sites (tertiary alicyclic amines) is 1. The number of aliphatic hydroxyl groups is 1. The summed E-state index contributed by atoms with van der Waals surface area (Å²) in [5.74, 6) is 0.462. The highest BCUT2D eigenvalue weighted by molar-refractivity contribution is 7.92. The third-order valence-corrected chi connectivity index (χ3v) is 10.4. The predicted molar refractivity (Wildman–Crippen MR) is 147 cm³/mol. The van der Waals surface area contributed by atoms with Gasteiger partial charge in [0.05, 0.1) is 10.5 Å². The van der Waals surface area contributed by atoms with Crippen LogP contribution < -0.4 is 4.72 Å². The lowest BCUT2D eigenvalue weighted by Crippen LogP contribution is -2.58. The molecule has 0 amide bonds. The summed E-state index contributed by atoms with van der Waals surface area (Å²) in [5, 5.41) is 11.3. The number of rotatable bonds is 7. The second kappa shape index (κ2) is 9.57.